The number of carboxylic acid groups (broad SMARTS) is 1. The summed E-state index contributed by atoms with van der Waals surface area (Å²) in [4.78, 5) is 75.5. The molecule has 2 heterocycles. The summed E-state index contributed by atoms with van der Waals surface area (Å²) in [5.74, 6) is -3.02. The number of halogens is 2. The molecule has 324 valence electrons. The Balaban J connectivity index is 0.000000486. The first-order chi connectivity index (χ1) is 26.6. The number of benzene rings is 2. The Bertz CT molecular complexity index is 1710. The quantitative estimate of drug-likeness (QED) is 0.149. The van der Waals surface area contributed by atoms with E-state index in [2.05, 4.69) is 10.1 Å². The fourth-order valence-electron chi connectivity index (χ4n) is 5.87. The summed E-state index contributed by atoms with van der Waals surface area (Å²) in [7, 11) is 2.42. The van der Waals surface area contributed by atoms with Crippen molar-refractivity contribution in [3.05, 3.63) is 69.7 Å². The van der Waals surface area contributed by atoms with Crippen LogP contribution in [0.5, 0.6) is 0 Å². The number of carbonyl (C=O) groups excluding carboxylic acids is 5. The van der Waals surface area contributed by atoms with Crippen LogP contribution >= 0.6 is 23.2 Å². The van der Waals surface area contributed by atoms with Crippen molar-refractivity contribution in [1.82, 2.24) is 15.1 Å². The van der Waals surface area contributed by atoms with Crippen LogP contribution in [0, 0.1) is 10.8 Å². The van der Waals surface area contributed by atoms with Crippen LogP contribution in [0.4, 0.5) is 9.59 Å². The van der Waals surface area contributed by atoms with E-state index in [1.165, 1.54) is 16.9 Å². The molecule has 0 unspecified atom stereocenters. The van der Waals surface area contributed by atoms with Gasteiger partial charge in [0, 0.05) is 49.3 Å². The summed E-state index contributed by atoms with van der Waals surface area (Å²) in [6.07, 6.45) is -0.591. The van der Waals surface area contributed by atoms with Crippen LogP contribution in [0.2, 0.25) is 10.0 Å². The lowest BCUT2D eigenvalue weighted by Crippen LogP contribution is -2.54. The molecule has 0 aromatic heterocycles. The smallest absolute Gasteiger partial charge is 0.410 e. The van der Waals surface area contributed by atoms with Gasteiger partial charge in [-0.15, -0.1) is 0 Å². The SMILES string of the molecule is C.COC(=O)C1(C(=O)NCc2ccccc2Cl)CCN(C(=O)OC(C)(C)C)CC1.COC(=O)C1(C(=O)O)CCN(C(=O)OC(C)(C)C)CC1.NCc1ccccc1Cl. The van der Waals surface area contributed by atoms with Gasteiger partial charge in [0.1, 0.15) is 16.6 Å². The molecule has 0 radical (unpaired) electrons. The van der Waals surface area contributed by atoms with E-state index in [0.29, 0.717) is 11.6 Å². The highest BCUT2D eigenvalue weighted by Crippen LogP contribution is 2.35. The molecule has 2 saturated heterocycles. The molecule has 2 aromatic rings. The van der Waals surface area contributed by atoms with Crippen molar-refractivity contribution in [3.8, 4) is 0 Å². The third kappa shape index (κ3) is 14.7. The van der Waals surface area contributed by atoms with E-state index in [1.807, 2.05) is 30.3 Å². The first-order valence-electron chi connectivity index (χ1n) is 18.4. The first-order valence-corrected chi connectivity index (χ1v) is 19.1. The summed E-state index contributed by atoms with van der Waals surface area (Å²) in [6.45, 7) is 12.1. The largest absolute Gasteiger partial charge is 0.480 e. The molecule has 0 bridgehead atoms. The van der Waals surface area contributed by atoms with E-state index in [9.17, 15) is 33.9 Å². The van der Waals surface area contributed by atoms with E-state index in [1.54, 1.807) is 59.7 Å². The van der Waals surface area contributed by atoms with Crippen LogP contribution in [0.3, 0.4) is 0 Å². The van der Waals surface area contributed by atoms with Crippen molar-refractivity contribution >= 4 is 59.2 Å². The Kier molecular flexibility index (Phi) is 20.0. The maximum Gasteiger partial charge on any atom is 0.410 e. The van der Waals surface area contributed by atoms with Crippen LogP contribution in [0.1, 0.15) is 85.8 Å². The summed E-state index contributed by atoms with van der Waals surface area (Å²) in [5, 5.41) is 13.3. The number of ether oxygens (including phenoxy) is 4. The van der Waals surface area contributed by atoms with Gasteiger partial charge in [0.15, 0.2) is 5.41 Å². The topological polar surface area (TPSA) is 204 Å². The average molecular weight is 856 g/mol. The second-order valence-electron chi connectivity index (χ2n) is 15.5. The van der Waals surface area contributed by atoms with Crippen molar-refractivity contribution in [2.45, 2.75) is 98.9 Å². The Morgan fingerprint density at radius 2 is 1.05 bits per heavy atom. The van der Waals surface area contributed by atoms with Gasteiger partial charge in [0.2, 0.25) is 5.91 Å². The first kappa shape index (κ1) is 51.4. The van der Waals surface area contributed by atoms with E-state index < -0.39 is 58.0 Å². The van der Waals surface area contributed by atoms with Crippen molar-refractivity contribution in [2.24, 2.45) is 16.6 Å². The number of methoxy groups -OCH3 is 2. The molecule has 4 N–H and O–H groups in total. The van der Waals surface area contributed by atoms with Crippen LogP contribution in [0.25, 0.3) is 0 Å². The summed E-state index contributed by atoms with van der Waals surface area (Å²) >= 11 is 11.9. The Morgan fingerprint density at radius 3 is 1.38 bits per heavy atom. The van der Waals surface area contributed by atoms with E-state index in [4.69, 9.17) is 43.1 Å². The number of rotatable bonds is 7. The number of aliphatic carboxylic acids is 1. The van der Waals surface area contributed by atoms with Crippen molar-refractivity contribution in [2.75, 3.05) is 40.4 Å². The molecule has 17 heteroatoms. The lowest BCUT2D eigenvalue weighted by atomic mass is 9.77. The minimum absolute atomic E-state index is 0. The number of carbonyl (C=O) groups is 6. The molecular formula is C41H60Cl2N4O11. The molecule has 2 fully saturated rings. The summed E-state index contributed by atoms with van der Waals surface area (Å²) in [5.41, 5.74) is 3.00. The lowest BCUT2D eigenvalue weighted by molar-refractivity contribution is -0.170. The Labute approximate surface area is 351 Å². The van der Waals surface area contributed by atoms with Crippen LogP contribution in [-0.4, -0.2) is 103 Å². The normalized spacial score (nSPS) is 15.6. The number of carboxylic acids is 1. The van der Waals surface area contributed by atoms with Crippen LogP contribution in [0.15, 0.2) is 48.5 Å². The number of piperidine rings is 2. The molecular weight excluding hydrogens is 795 g/mol. The van der Waals surface area contributed by atoms with Gasteiger partial charge in [-0.1, -0.05) is 67.0 Å². The molecule has 2 aromatic carbocycles. The summed E-state index contributed by atoms with van der Waals surface area (Å²) in [6, 6.07) is 14.7. The highest BCUT2D eigenvalue weighted by atomic mass is 35.5. The lowest BCUT2D eigenvalue weighted by Gasteiger charge is -2.38. The Morgan fingerprint density at radius 1 is 0.690 bits per heavy atom. The molecule has 0 atom stereocenters. The van der Waals surface area contributed by atoms with Gasteiger partial charge >= 0.3 is 30.1 Å². The van der Waals surface area contributed by atoms with Crippen molar-refractivity contribution in [1.29, 1.82) is 0 Å². The zero-order valence-electron chi connectivity index (χ0n) is 33.9. The fraction of sp³-hybridized carbons (Fsp3) is 0.561. The highest BCUT2D eigenvalue weighted by molar-refractivity contribution is 6.31. The van der Waals surface area contributed by atoms with Gasteiger partial charge in [0.05, 0.1) is 14.2 Å². The van der Waals surface area contributed by atoms with E-state index in [0.717, 1.165) is 23.3 Å². The molecule has 0 aliphatic carbocycles. The van der Waals surface area contributed by atoms with Crippen LogP contribution in [-0.2, 0) is 51.2 Å². The molecule has 2 aliphatic rings. The van der Waals surface area contributed by atoms with E-state index in [-0.39, 0.29) is 65.8 Å². The van der Waals surface area contributed by atoms with Gasteiger partial charge in [0.25, 0.3) is 0 Å². The number of amides is 3. The zero-order chi connectivity index (χ0) is 43.2. The number of nitrogens with two attached hydrogens (primary N) is 1. The zero-order valence-corrected chi connectivity index (χ0v) is 35.5. The van der Waals surface area contributed by atoms with Gasteiger partial charge < -0.3 is 44.9 Å². The number of nitrogens with zero attached hydrogens (tertiary/aromatic N) is 2. The summed E-state index contributed by atoms with van der Waals surface area (Å²) < 4.78 is 20.1. The monoisotopic (exact) mass is 854 g/mol. The minimum Gasteiger partial charge on any atom is -0.480 e. The predicted octanol–water partition coefficient (Wildman–Crippen LogP) is 6.84. The molecule has 2 aliphatic heterocycles. The highest BCUT2D eigenvalue weighted by Gasteiger charge is 2.51. The van der Waals surface area contributed by atoms with Gasteiger partial charge in [-0.3, -0.25) is 19.2 Å². The second kappa shape index (κ2) is 22.5. The third-order valence-electron chi connectivity index (χ3n) is 9.11. The van der Waals surface area contributed by atoms with Crippen molar-refractivity contribution in [3.63, 3.8) is 0 Å². The minimum atomic E-state index is -1.56. The molecule has 58 heavy (non-hydrogen) atoms. The molecule has 0 spiro atoms. The number of hydrogen-bond acceptors (Lipinski definition) is 11. The maximum absolute atomic E-state index is 12.9. The van der Waals surface area contributed by atoms with Gasteiger partial charge in [-0.05, 0) is 90.5 Å². The number of hydrogen-bond donors (Lipinski definition) is 3. The second-order valence-corrected chi connectivity index (χ2v) is 16.3. The number of likely N-dealkylation sites (tertiary alicyclic amines) is 2. The predicted molar refractivity (Wildman–Crippen MR) is 220 cm³/mol. The van der Waals surface area contributed by atoms with Crippen molar-refractivity contribution < 1.29 is 52.8 Å². The van der Waals surface area contributed by atoms with Gasteiger partial charge in [-0.25, -0.2) is 9.59 Å². The Hall–Kier alpha value is -4.60. The van der Waals surface area contributed by atoms with E-state index >= 15 is 0 Å². The third-order valence-corrected chi connectivity index (χ3v) is 9.85. The van der Waals surface area contributed by atoms with Gasteiger partial charge in [-0.2, -0.15) is 0 Å². The maximum atomic E-state index is 12.9. The molecule has 3 amide bonds. The van der Waals surface area contributed by atoms with Crippen LogP contribution < -0.4 is 11.1 Å². The molecule has 4 rings (SSSR count). The number of nitrogens with one attached hydrogen (secondary N) is 1. The number of esters is 2. The molecule has 0 saturated carbocycles. The average Bonchev–Trinajstić information content (AvgIpc) is 3.16. The molecule has 15 nitrogen and oxygen atoms in total. The standard InChI is InChI=1S/C20H27ClN2O5.C13H21NO6.C7H8ClN.CH4/c1-19(2,3)28-18(26)23-11-9-20(10-12-23,17(25)27-4)16(24)22-13-14-7-5-6-8-15(14)21;1-12(2,3)20-11(18)14-7-5-13(6-8-14,9(15)16)10(17)19-4;8-7-4-2-1-3-6(7)5-9;/h5-8H,9-13H2,1-4H3,(H,22,24);5-8H2,1-4H3,(H,15,16);1-4H,5,9H2;1H4. The fourth-order valence-corrected chi connectivity index (χ4v) is 6.28.